The minimum Gasteiger partial charge on any atom is -0.496 e. The van der Waals surface area contributed by atoms with Gasteiger partial charge in [0.25, 0.3) is 5.91 Å². The summed E-state index contributed by atoms with van der Waals surface area (Å²) in [5.74, 6) is 1.78. The molecule has 4 heteroatoms. The Morgan fingerprint density at radius 2 is 1.90 bits per heavy atom. The molecule has 1 amide bonds. The third kappa shape index (κ3) is 3.44. The van der Waals surface area contributed by atoms with Gasteiger partial charge in [-0.3, -0.25) is 4.79 Å². The molecule has 4 nitrogen and oxygen atoms in total. The zero-order valence-electron chi connectivity index (χ0n) is 12.5. The number of nitrogens with two attached hydrogens (primary N) is 1. The molecule has 3 N–H and O–H groups in total. The number of carbonyl (C=O) groups is 1. The molecule has 1 aliphatic carbocycles. The molecular formula is C16H24N2O2. The van der Waals surface area contributed by atoms with Crippen LogP contribution in [-0.4, -0.2) is 19.1 Å². The summed E-state index contributed by atoms with van der Waals surface area (Å²) in [6, 6.07) is 5.38. The fourth-order valence-corrected chi connectivity index (χ4v) is 3.22. The highest BCUT2D eigenvalue weighted by atomic mass is 16.5. The Morgan fingerprint density at radius 1 is 1.25 bits per heavy atom. The summed E-state index contributed by atoms with van der Waals surface area (Å²) in [4.78, 5) is 12.4. The van der Waals surface area contributed by atoms with Crippen molar-refractivity contribution in [1.82, 2.24) is 5.32 Å². The van der Waals surface area contributed by atoms with Crippen LogP contribution >= 0.6 is 0 Å². The maximum Gasteiger partial charge on any atom is 0.255 e. The first-order valence-electron chi connectivity index (χ1n) is 7.24. The highest BCUT2D eigenvalue weighted by Crippen LogP contribution is 2.29. The topological polar surface area (TPSA) is 64.3 Å². The summed E-state index contributed by atoms with van der Waals surface area (Å²) in [7, 11) is 1.55. The molecule has 0 heterocycles. The molecule has 110 valence electrons. The molecule has 2 rings (SSSR count). The van der Waals surface area contributed by atoms with Crippen LogP contribution in [0.25, 0.3) is 0 Å². The molecule has 1 saturated carbocycles. The molecule has 0 aliphatic heterocycles. The van der Waals surface area contributed by atoms with Crippen LogP contribution in [0.1, 0.15) is 43.5 Å². The number of ether oxygens (including phenoxy) is 1. The predicted molar refractivity (Wildman–Crippen MR) is 80.8 cm³/mol. The molecule has 20 heavy (non-hydrogen) atoms. The van der Waals surface area contributed by atoms with E-state index in [2.05, 4.69) is 19.2 Å². The van der Waals surface area contributed by atoms with Crippen molar-refractivity contribution >= 4 is 11.6 Å². The number of anilines is 1. The highest BCUT2D eigenvalue weighted by molar-refractivity contribution is 5.97. The Hall–Kier alpha value is -1.71. The molecule has 2 unspecified atom stereocenters. The summed E-state index contributed by atoms with van der Waals surface area (Å²) in [5, 5.41) is 3.13. The van der Waals surface area contributed by atoms with E-state index in [4.69, 9.17) is 10.5 Å². The average Bonchev–Trinajstić information content (AvgIpc) is 2.37. The van der Waals surface area contributed by atoms with Crippen molar-refractivity contribution in [3.05, 3.63) is 23.8 Å². The zero-order valence-corrected chi connectivity index (χ0v) is 12.5. The summed E-state index contributed by atoms with van der Waals surface area (Å²) < 4.78 is 5.24. The molecule has 1 fully saturated rings. The Labute approximate surface area is 120 Å². The van der Waals surface area contributed by atoms with Gasteiger partial charge in [0.05, 0.1) is 12.7 Å². The predicted octanol–water partition coefficient (Wildman–Crippen LogP) is 2.83. The highest BCUT2D eigenvalue weighted by Gasteiger charge is 2.26. The lowest BCUT2D eigenvalue weighted by Crippen LogP contribution is -2.40. The van der Waals surface area contributed by atoms with Gasteiger partial charge in [0.15, 0.2) is 0 Å². The molecule has 2 atom stereocenters. The number of hydrogen-bond donors (Lipinski definition) is 2. The van der Waals surface area contributed by atoms with Gasteiger partial charge in [0.1, 0.15) is 5.75 Å². The van der Waals surface area contributed by atoms with Crippen molar-refractivity contribution in [2.45, 2.75) is 39.2 Å². The van der Waals surface area contributed by atoms with Crippen LogP contribution in [0, 0.1) is 11.8 Å². The SMILES string of the molecule is COc1cc(N)ccc1C(=O)NC1CC(C)CC(C)C1. The van der Waals surface area contributed by atoms with E-state index < -0.39 is 0 Å². The van der Waals surface area contributed by atoms with Crippen LogP contribution in [0.4, 0.5) is 5.69 Å². The van der Waals surface area contributed by atoms with Gasteiger partial charge in [-0.2, -0.15) is 0 Å². The largest absolute Gasteiger partial charge is 0.496 e. The van der Waals surface area contributed by atoms with E-state index in [0.717, 1.165) is 12.8 Å². The first-order chi connectivity index (χ1) is 9.49. The van der Waals surface area contributed by atoms with E-state index in [1.807, 2.05) is 0 Å². The summed E-state index contributed by atoms with van der Waals surface area (Å²) in [6.07, 6.45) is 3.35. The molecule has 0 bridgehead atoms. The van der Waals surface area contributed by atoms with Crippen molar-refractivity contribution in [2.24, 2.45) is 11.8 Å². The van der Waals surface area contributed by atoms with Gasteiger partial charge in [-0.05, 0) is 43.2 Å². The van der Waals surface area contributed by atoms with Crippen LogP contribution in [0.15, 0.2) is 18.2 Å². The fraction of sp³-hybridized carbons (Fsp3) is 0.562. The minimum absolute atomic E-state index is 0.0758. The van der Waals surface area contributed by atoms with E-state index in [1.165, 1.54) is 6.42 Å². The lowest BCUT2D eigenvalue weighted by Gasteiger charge is -2.32. The number of methoxy groups -OCH3 is 1. The third-order valence-electron chi connectivity index (χ3n) is 3.98. The van der Waals surface area contributed by atoms with Crippen molar-refractivity contribution < 1.29 is 9.53 Å². The van der Waals surface area contributed by atoms with Crippen molar-refractivity contribution in [3.8, 4) is 5.75 Å². The molecule has 0 aromatic heterocycles. The average molecular weight is 276 g/mol. The van der Waals surface area contributed by atoms with Crippen LogP contribution in [-0.2, 0) is 0 Å². The quantitative estimate of drug-likeness (QED) is 0.834. The Balaban J connectivity index is 2.08. The van der Waals surface area contributed by atoms with E-state index in [-0.39, 0.29) is 11.9 Å². The Kier molecular flexibility index (Phi) is 4.53. The number of hydrogen-bond acceptors (Lipinski definition) is 3. The monoisotopic (exact) mass is 276 g/mol. The number of rotatable bonds is 3. The summed E-state index contributed by atoms with van der Waals surface area (Å²) in [5.41, 5.74) is 6.86. The summed E-state index contributed by atoms with van der Waals surface area (Å²) >= 11 is 0. The van der Waals surface area contributed by atoms with E-state index in [1.54, 1.807) is 25.3 Å². The number of nitrogen functional groups attached to an aromatic ring is 1. The second-order valence-electron chi connectivity index (χ2n) is 6.05. The van der Waals surface area contributed by atoms with Crippen molar-refractivity contribution in [1.29, 1.82) is 0 Å². The number of benzene rings is 1. The van der Waals surface area contributed by atoms with Crippen LogP contribution < -0.4 is 15.8 Å². The molecule has 1 aromatic carbocycles. The molecule has 1 aliphatic rings. The maximum absolute atomic E-state index is 12.4. The van der Waals surface area contributed by atoms with Gasteiger partial charge < -0.3 is 15.8 Å². The van der Waals surface area contributed by atoms with Gasteiger partial charge in [-0.1, -0.05) is 13.8 Å². The molecule has 1 aromatic rings. The van der Waals surface area contributed by atoms with Crippen LogP contribution in [0.5, 0.6) is 5.75 Å². The molecule has 0 spiro atoms. The smallest absolute Gasteiger partial charge is 0.255 e. The van der Waals surface area contributed by atoms with Crippen molar-refractivity contribution in [2.75, 3.05) is 12.8 Å². The maximum atomic E-state index is 12.4. The second-order valence-corrected chi connectivity index (χ2v) is 6.05. The molecule has 0 radical (unpaired) electrons. The second kappa shape index (κ2) is 6.16. The fourth-order valence-electron chi connectivity index (χ4n) is 3.22. The standard InChI is InChI=1S/C16H24N2O2/c1-10-6-11(2)8-13(7-10)18-16(19)14-5-4-12(17)9-15(14)20-3/h4-5,9-11,13H,6-8,17H2,1-3H3,(H,18,19). The number of carbonyl (C=O) groups excluding carboxylic acids is 1. The number of amides is 1. The van der Waals surface area contributed by atoms with E-state index in [0.29, 0.717) is 28.8 Å². The van der Waals surface area contributed by atoms with E-state index in [9.17, 15) is 4.79 Å². The number of nitrogens with one attached hydrogen (secondary N) is 1. The van der Waals surface area contributed by atoms with Crippen LogP contribution in [0.2, 0.25) is 0 Å². The molecular weight excluding hydrogens is 252 g/mol. The minimum atomic E-state index is -0.0758. The van der Waals surface area contributed by atoms with Gasteiger partial charge in [0.2, 0.25) is 0 Å². The van der Waals surface area contributed by atoms with Gasteiger partial charge in [0, 0.05) is 17.8 Å². The normalized spacial score (nSPS) is 26.1. The zero-order chi connectivity index (χ0) is 14.7. The van der Waals surface area contributed by atoms with E-state index >= 15 is 0 Å². The van der Waals surface area contributed by atoms with Crippen molar-refractivity contribution in [3.63, 3.8) is 0 Å². The summed E-state index contributed by atoms with van der Waals surface area (Å²) in [6.45, 7) is 4.50. The van der Waals surface area contributed by atoms with Crippen LogP contribution in [0.3, 0.4) is 0 Å². The lowest BCUT2D eigenvalue weighted by molar-refractivity contribution is 0.0908. The Morgan fingerprint density at radius 3 is 2.50 bits per heavy atom. The first-order valence-corrected chi connectivity index (χ1v) is 7.24. The lowest BCUT2D eigenvalue weighted by atomic mass is 9.80. The Bertz CT molecular complexity index is 477. The molecule has 0 saturated heterocycles. The van der Waals surface area contributed by atoms with Gasteiger partial charge in [-0.25, -0.2) is 0 Å². The van der Waals surface area contributed by atoms with Gasteiger partial charge in [-0.15, -0.1) is 0 Å². The first kappa shape index (κ1) is 14.7. The van der Waals surface area contributed by atoms with Gasteiger partial charge >= 0.3 is 0 Å². The third-order valence-corrected chi connectivity index (χ3v) is 3.98.